The molecule has 4 nitrogen and oxygen atoms in total. The molecule has 1 N–H and O–H groups in total. The van der Waals surface area contributed by atoms with Gasteiger partial charge in [-0.25, -0.2) is 0 Å². The number of nitrogens with one attached hydrogen (secondary N) is 1. The number of rotatable bonds is 10. The third-order valence-corrected chi connectivity index (χ3v) is 5.74. The van der Waals surface area contributed by atoms with E-state index in [0.29, 0.717) is 24.5 Å². The van der Waals surface area contributed by atoms with Crippen molar-refractivity contribution in [1.29, 1.82) is 0 Å². The van der Waals surface area contributed by atoms with Crippen molar-refractivity contribution in [2.45, 2.75) is 45.7 Å². The largest absolute Gasteiger partial charge is 0.354 e. The van der Waals surface area contributed by atoms with E-state index in [1.165, 1.54) is 0 Å². The van der Waals surface area contributed by atoms with Crippen LogP contribution in [0.5, 0.6) is 0 Å². The zero-order valence-corrected chi connectivity index (χ0v) is 20.0. The van der Waals surface area contributed by atoms with Crippen molar-refractivity contribution in [3.63, 3.8) is 0 Å². The van der Waals surface area contributed by atoms with Gasteiger partial charge in [0.1, 0.15) is 6.04 Å². The molecule has 0 spiro atoms. The molecule has 0 aliphatic rings. The van der Waals surface area contributed by atoms with Crippen molar-refractivity contribution in [1.82, 2.24) is 10.2 Å². The van der Waals surface area contributed by atoms with E-state index in [2.05, 4.69) is 5.32 Å². The highest BCUT2D eigenvalue weighted by atomic mass is 35.5. The van der Waals surface area contributed by atoms with Gasteiger partial charge in [-0.2, -0.15) is 0 Å². The minimum absolute atomic E-state index is 0.0897. The Morgan fingerprint density at radius 1 is 0.909 bits per heavy atom. The predicted molar refractivity (Wildman–Crippen MR) is 134 cm³/mol. The maximum Gasteiger partial charge on any atom is 0.243 e. The average Bonchev–Trinajstić information content (AvgIpc) is 2.80. The Hall–Kier alpha value is -3.11. The van der Waals surface area contributed by atoms with Crippen LogP contribution in [0, 0.1) is 6.92 Å². The first-order valence-electron chi connectivity index (χ1n) is 11.4. The van der Waals surface area contributed by atoms with Crippen LogP contribution >= 0.6 is 11.6 Å². The molecule has 3 rings (SSSR count). The summed E-state index contributed by atoms with van der Waals surface area (Å²) in [6.45, 7) is 4.90. The van der Waals surface area contributed by atoms with Crippen molar-refractivity contribution >= 4 is 23.4 Å². The number of carbonyl (C=O) groups excluding carboxylic acids is 2. The van der Waals surface area contributed by atoms with Crippen LogP contribution < -0.4 is 5.32 Å². The summed E-state index contributed by atoms with van der Waals surface area (Å²) in [5.74, 6) is -0.228. The first-order valence-corrected chi connectivity index (χ1v) is 11.7. The Morgan fingerprint density at radius 3 is 2.30 bits per heavy atom. The van der Waals surface area contributed by atoms with Gasteiger partial charge in [-0.1, -0.05) is 90.8 Å². The molecule has 0 aliphatic heterocycles. The lowest BCUT2D eigenvalue weighted by Gasteiger charge is -2.32. The van der Waals surface area contributed by atoms with Gasteiger partial charge >= 0.3 is 0 Å². The van der Waals surface area contributed by atoms with E-state index >= 15 is 0 Å². The van der Waals surface area contributed by atoms with Crippen LogP contribution in [0.25, 0.3) is 0 Å². The number of carbonyl (C=O) groups is 2. The summed E-state index contributed by atoms with van der Waals surface area (Å²) < 4.78 is 0. The summed E-state index contributed by atoms with van der Waals surface area (Å²) in [5.41, 5.74) is 3.93. The number of halogens is 1. The Kier molecular flexibility index (Phi) is 9.08. The molecule has 0 saturated heterocycles. The summed E-state index contributed by atoms with van der Waals surface area (Å²) >= 11 is 6.21. The second kappa shape index (κ2) is 12.2. The summed E-state index contributed by atoms with van der Waals surface area (Å²) in [7, 11) is 0. The zero-order valence-electron chi connectivity index (χ0n) is 19.3. The van der Waals surface area contributed by atoms with Crippen LogP contribution in [0.3, 0.4) is 0 Å². The van der Waals surface area contributed by atoms with E-state index < -0.39 is 6.04 Å². The van der Waals surface area contributed by atoms with Crippen molar-refractivity contribution in [3.05, 3.63) is 106 Å². The van der Waals surface area contributed by atoms with Crippen molar-refractivity contribution in [3.8, 4) is 0 Å². The first-order chi connectivity index (χ1) is 16.0. The molecule has 0 bridgehead atoms. The fraction of sp³-hybridized carbons (Fsp3) is 0.286. The standard InChI is InChI=1S/C28H31ClN2O2/c1-3-15-30-28(33)26(18-22-10-5-4-6-11-22)31(20-24-13-8-14-25(29)17-24)27(32)19-23-12-7-9-21(2)16-23/h4-14,16-17,26H,3,15,18-20H2,1-2H3,(H,30,33). The van der Waals surface area contributed by atoms with Gasteiger partial charge in [0.15, 0.2) is 0 Å². The monoisotopic (exact) mass is 462 g/mol. The molecule has 1 atom stereocenters. The molecule has 2 amide bonds. The molecule has 0 aromatic heterocycles. The Labute approximate surface area is 201 Å². The molecule has 5 heteroatoms. The normalized spacial score (nSPS) is 11.6. The molecule has 0 heterocycles. The number of hydrogen-bond acceptors (Lipinski definition) is 2. The van der Waals surface area contributed by atoms with Crippen LogP contribution in [-0.2, 0) is 29.0 Å². The van der Waals surface area contributed by atoms with E-state index in [-0.39, 0.29) is 18.2 Å². The van der Waals surface area contributed by atoms with E-state index in [9.17, 15) is 9.59 Å². The second-order valence-corrected chi connectivity index (χ2v) is 8.75. The fourth-order valence-electron chi connectivity index (χ4n) is 3.85. The lowest BCUT2D eigenvalue weighted by molar-refractivity contribution is -0.140. The van der Waals surface area contributed by atoms with Crippen LogP contribution in [0.15, 0.2) is 78.9 Å². The van der Waals surface area contributed by atoms with Gasteiger partial charge in [0.05, 0.1) is 6.42 Å². The van der Waals surface area contributed by atoms with Crippen molar-refractivity contribution < 1.29 is 9.59 Å². The maximum absolute atomic E-state index is 13.6. The predicted octanol–water partition coefficient (Wildman–Crippen LogP) is 5.36. The molecule has 172 valence electrons. The van der Waals surface area contributed by atoms with Crippen LogP contribution in [0.1, 0.15) is 35.6 Å². The summed E-state index contributed by atoms with van der Waals surface area (Å²) in [5, 5.41) is 3.60. The molecule has 1 unspecified atom stereocenters. The lowest BCUT2D eigenvalue weighted by atomic mass is 10.0. The molecule has 0 saturated carbocycles. The van der Waals surface area contributed by atoms with Crippen molar-refractivity contribution in [2.24, 2.45) is 0 Å². The minimum atomic E-state index is -0.629. The van der Waals surface area contributed by atoms with Gasteiger partial charge in [-0.15, -0.1) is 0 Å². The Bertz CT molecular complexity index is 1070. The number of amides is 2. The second-order valence-electron chi connectivity index (χ2n) is 8.31. The van der Waals surface area contributed by atoms with Crippen LogP contribution in [0.2, 0.25) is 5.02 Å². The Balaban J connectivity index is 1.95. The molecule has 3 aromatic carbocycles. The molecule has 3 aromatic rings. The molecular formula is C28H31ClN2O2. The highest BCUT2D eigenvalue weighted by molar-refractivity contribution is 6.30. The number of aryl methyl sites for hydroxylation is 1. The molecular weight excluding hydrogens is 432 g/mol. The highest BCUT2D eigenvalue weighted by Crippen LogP contribution is 2.19. The van der Waals surface area contributed by atoms with Crippen LogP contribution in [-0.4, -0.2) is 29.3 Å². The summed E-state index contributed by atoms with van der Waals surface area (Å²) in [6, 6.07) is 24.6. The minimum Gasteiger partial charge on any atom is -0.354 e. The molecule has 0 radical (unpaired) electrons. The highest BCUT2D eigenvalue weighted by Gasteiger charge is 2.30. The fourth-order valence-corrected chi connectivity index (χ4v) is 4.06. The molecule has 33 heavy (non-hydrogen) atoms. The smallest absolute Gasteiger partial charge is 0.243 e. The zero-order chi connectivity index (χ0) is 23.6. The average molecular weight is 463 g/mol. The van der Waals surface area contributed by atoms with E-state index in [0.717, 1.165) is 28.7 Å². The third-order valence-electron chi connectivity index (χ3n) is 5.50. The number of nitrogens with zero attached hydrogens (tertiary/aromatic N) is 1. The van der Waals surface area contributed by atoms with Crippen LogP contribution in [0.4, 0.5) is 0 Å². The maximum atomic E-state index is 13.6. The van der Waals surface area contributed by atoms with Gasteiger partial charge in [0, 0.05) is 24.5 Å². The van der Waals surface area contributed by atoms with Gasteiger partial charge in [-0.05, 0) is 42.2 Å². The molecule has 0 fully saturated rings. The van der Waals surface area contributed by atoms with Gasteiger partial charge in [-0.3, -0.25) is 9.59 Å². The van der Waals surface area contributed by atoms with Gasteiger partial charge in [0.2, 0.25) is 11.8 Å². The van der Waals surface area contributed by atoms with E-state index in [1.54, 1.807) is 11.0 Å². The lowest BCUT2D eigenvalue weighted by Crippen LogP contribution is -2.51. The SMILES string of the molecule is CCCNC(=O)C(Cc1ccccc1)N(Cc1cccc(Cl)c1)C(=O)Cc1cccc(C)c1. The summed E-state index contributed by atoms with van der Waals surface area (Å²) in [6.07, 6.45) is 1.50. The third kappa shape index (κ3) is 7.47. The quantitative estimate of drug-likeness (QED) is 0.441. The number of hydrogen-bond donors (Lipinski definition) is 1. The van der Waals surface area contributed by atoms with Gasteiger partial charge < -0.3 is 10.2 Å². The topological polar surface area (TPSA) is 49.4 Å². The number of benzene rings is 3. The summed E-state index contributed by atoms with van der Waals surface area (Å²) in [4.78, 5) is 28.6. The van der Waals surface area contributed by atoms with E-state index in [4.69, 9.17) is 11.6 Å². The first kappa shape index (κ1) is 24.5. The van der Waals surface area contributed by atoms with Gasteiger partial charge in [0.25, 0.3) is 0 Å². The van der Waals surface area contributed by atoms with E-state index in [1.807, 2.05) is 86.6 Å². The van der Waals surface area contributed by atoms with Crippen molar-refractivity contribution in [2.75, 3.05) is 6.54 Å². The Morgan fingerprint density at radius 2 is 1.61 bits per heavy atom. The molecule has 0 aliphatic carbocycles.